The van der Waals surface area contributed by atoms with Gasteiger partial charge in [0.05, 0.1) is 5.57 Å². The fourth-order valence-electron chi connectivity index (χ4n) is 4.19. The molecular weight excluding hydrogens is 330 g/mol. The summed E-state index contributed by atoms with van der Waals surface area (Å²) in [5.74, 6) is -0.246. The van der Waals surface area contributed by atoms with Gasteiger partial charge in [-0.3, -0.25) is 0 Å². The van der Waals surface area contributed by atoms with Gasteiger partial charge in [-0.25, -0.2) is 4.39 Å². The van der Waals surface area contributed by atoms with Crippen molar-refractivity contribution in [3.63, 3.8) is 0 Å². The summed E-state index contributed by atoms with van der Waals surface area (Å²) in [5, 5.41) is 0. The number of alkyl halides is 3. The van der Waals surface area contributed by atoms with Crippen LogP contribution < -0.4 is 0 Å². The summed E-state index contributed by atoms with van der Waals surface area (Å²) in [7, 11) is 0. The molecule has 1 nitrogen and oxygen atoms in total. The molecule has 0 aromatic rings. The average molecular weight is 353 g/mol. The van der Waals surface area contributed by atoms with Crippen molar-refractivity contribution in [2.24, 2.45) is 5.41 Å². The van der Waals surface area contributed by atoms with Crippen LogP contribution in [0.2, 0.25) is 0 Å². The van der Waals surface area contributed by atoms with Crippen molar-refractivity contribution in [1.29, 1.82) is 0 Å². The molecular formula is C20H23F4N. The molecule has 0 saturated heterocycles. The molecule has 1 aliphatic carbocycles. The minimum absolute atomic E-state index is 0.109. The Bertz CT molecular complexity index is 700. The topological polar surface area (TPSA) is 3.24 Å². The van der Waals surface area contributed by atoms with E-state index in [9.17, 15) is 17.6 Å². The van der Waals surface area contributed by atoms with Gasteiger partial charge in [-0.05, 0) is 73.0 Å². The standard InChI is InChI=1S/C20H23F4N/c1-3-19(4-2)10-5-11-25-13-14(20(22,23)24)6-9-18(25)16-8-7-15(21)12-17(16)19/h6-7,9,12-13H,3-5,8,10-11H2,1-2H3. The maximum absolute atomic E-state index is 14.0. The number of rotatable bonds is 2. The Hall–Kier alpha value is -1.78. The zero-order valence-corrected chi connectivity index (χ0v) is 14.6. The third kappa shape index (κ3) is 3.21. The van der Waals surface area contributed by atoms with Gasteiger partial charge in [-0.1, -0.05) is 13.8 Å². The predicted molar refractivity (Wildman–Crippen MR) is 91.2 cm³/mol. The molecule has 2 aliphatic heterocycles. The molecule has 0 fully saturated rings. The van der Waals surface area contributed by atoms with Gasteiger partial charge in [0.25, 0.3) is 0 Å². The second-order valence-electron chi connectivity index (χ2n) is 6.91. The molecule has 0 amide bonds. The molecule has 0 aromatic carbocycles. The molecule has 25 heavy (non-hydrogen) atoms. The second kappa shape index (κ2) is 6.50. The van der Waals surface area contributed by atoms with E-state index >= 15 is 0 Å². The molecule has 0 N–H and O–H groups in total. The monoisotopic (exact) mass is 353 g/mol. The van der Waals surface area contributed by atoms with Gasteiger partial charge in [-0.15, -0.1) is 0 Å². The third-order valence-corrected chi connectivity index (χ3v) is 5.75. The Labute approximate surface area is 146 Å². The summed E-state index contributed by atoms with van der Waals surface area (Å²) in [4.78, 5) is 1.69. The summed E-state index contributed by atoms with van der Waals surface area (Å²) in [6.45, 7) is 4.77. The van der Waals surface area contributed by atoms with Gasteiger partial charge >= 0.3 is 6.18 Å². The molecule has 0 saturated carbocycles. The molecule has 0 aromatic heterocycles. The molecule has 0 atom stereocenters. The Balaban J connectivity index is 2.13. The van der Waals surface area contributed by atoms with Crippen molar-refractivity contribution in [2.45, 2.75) is 52.1 Å². The van der Waals surface area contributed by atoms with E-state index in [4.69, 9.17) is 0 Å². The third-order valence-electron chi connectivity index (χ3n) is 5.75. The Kier molecular flexibility index (Phi) is 4.69. The lowest BCUT2D eigenvalue weighted by atomic mass is 9.67. The molecule has 0 spiro atoms. The fraction of sp³-hybridized carbons (Fsp3) is 0.500. The summed E-state index contributed by atoms with van der Waals surface area (Å²) >= 11 is 0. The molecule has 3 aliphatic rings. The van der Waals surface area contributed by atoms with E-state index in [1.54, 1.807) is 17.1 Å². The maximum atomic E-state index is 14.0. The molecule has 3 rings (SSSR count). The van der Waals surface area contributed by atoms with Crippen molar-refractivity contribution < 1.29 is 17.6 Å². The summed E-state index contributed by atoms with van der Waals surface area (Å²) in [6.07, 6.45) is 6.46. The fourth-order valence-corrected chi connectivity index (χ4v) is 4.19. The van der Waals surface area contributed by atoms with Crippen molar-refractivity contribution in [2.75, 3.05) is 6.54 Å². The average Bonchev–Trinajstić information content (AvgIpc) is 2.57. The van der Waals surface area contributed by atoms with Gasteiger partial charge in [0.1, 0.15) is 5.83 Å². The molecule has 0 unspecified atom stereocenters. The van der Waals surface area contributed by atoms with Crippen molar-refractivity contribution in [1.82, 2.24) is 4.90 Å². The lowest BCUT2D eigenvalue weighted by Crippen LogP contribution is -2.33. The van der Waals surface area contributed by atoms with Crippen molar-refractivity contribution >= 4 is 0 Å². The van der Waals surface area contributed by atoms with Crippen LogP contribution in [0.5, 0.6) is 0 Å². The van der Waals surface area contributed by atoms with Gasteiger partial charge in [-0.2, -0.15) is 13.2 Å². The normalized spacial score (nSPS) is 23.1. The number of halogens is 4. The SMILES string of the molecule is CCC1(CC)CCCN2C=C(C(F)(F)F)C=CC2=C2CC=C(F)C=C21. The number of nitrogens with zero attached hydrogens (tertiary/aromatic N) is 1. The predicted octanol–water partition coefficient (Wildman–Crippen LogP) is 6.34. The minimum Gasteiger partial charge on any atom is -0.347 e. The molecule has 2 heterocycles. The van der Waals surface area contributed by atoms with Crippen LogP contribution in [0.3, 0.4) is 0 Å². The van der Waals surface area contributed by atoms with E-state index in [1.807, 2.05) is 0 Å². The van der Waals surface area contributed by atoms with Crippen LogP contribution >= 0.6 is 0 Å². The van der Waals surface area contributed by atoms with E-state index in [1.165, 1.54) is 12.3 Å². The Morgan fingerprint density at radius 3 is 2.52 bits per heavy atom. The van der Waals surface area contributed by atoms with Gasteiger partial charge in [0, 0.05) is 18.4 Å². The zero-order chi connectivity index (χ0) is 18.2. The quantitative estimate of drug-likeness (QED) is 0.523. The van der Waals surface area contributed by atoms with E-state index in [0.29, 0.717) is 13.0 Å². The van der Waals surface area contributed by atoms with Gasteiger partial charge in [0.15, 0.2) is 0 Å². The van der Waals surface area contributed by atoms with Crippen LogP contribution in [0, 0.1) is 5.41 Å². The van der Waals surface area contributed by atoms with Crippen LogP contribution in [-0.2, 0) is 0 Å². The highest BCUT2D eigenvalue weighted by Gasteiger charge is 2.39. The van der Waals surface area contributed by atoms with Crippen LogP contribution in [0.4, 0.5) is 17.6 Å². The van der Waals surface area contributed by atoms with E-state index in [2.05, 4.69) is 13.8 Å². The van der Waals surface area contributed by atoms with Crippen LogP contribution in [0.15, 0.2) is 58.7 Å². The smallest absolute Gasteiger partial charge is 0.347 e. The van der Waals surface area contributed by atoms with E-state index in [-0.39, 0.29) is 11.2 Å². The van der Waals surface area contributed by atoms with Gasteiger partial charge in [0.2, 0.25) is 0 Å². The summed E-state index contributed by atoms with van der Waals surface area (Å²) in [5.41, 5.74) is 1.94. The largest absolute Gasteiger partial charge is 0.417 e. The molecule has 0 radical (unpaired) electrons. The van der Waals surface area contributed by atoms with Crippen molar-refractivity contribution in [3.05, 3.63) is 58.7 Å². The summed E-state index contributed by atoms with van der Waals surface area (Å²) in [6, 6.07) is 0. The number of allylic oxidation sites excluding steroid dienone is 8. The Morgan fingerprint density at radius 2 is 1.88 bits per heavy atom. The maximum Gasteiger partial charge on any atom is 0.417 e. The molecule has 0 bridgehead atoms. The lowest BCUT2D eigenvalue weighted by molar-refractivity contribution is -0.0893. The van der Waals surface area contributed by atoms with Crippen LogP contribution in [-0.4, -0.2) is 17.6 Å². The first-order valence-electron chi connectivity index (χ1n) is 8.86. The Morgan fingerprint density at radius 1 is 1.16 bits per heavy atom. The van der Waals surface area contributed by atoms with Gasteiger partial charge < -0.3 is 4.90 Å². The number of hydrogen-bond acceptors (Lipinski definition) is 1. The first-order valence-corrected chi connectivity index (χ1v) is 8.86. The molecule has 5 heteroatoms. The number of fused-ring (bicyclic) bond motifs is 2. The first-order chi connectivity index (χ1) is 11.8. The van der Waals surface area contributed by atoms with Crippen LogP contribution in [0.25, 0.3) is 0 Å². The van der Waals surface area contributed by atoms with Crippen molar-refractivity contribution in [3.8, 4) is 0 Å². The molecule has 136 valence electrons. The zero-order valence-electron chi connectivity index (χ0n) is 14.6. The first kappa shape index (κ1) is 18.0. The second-order valence-corrected chi connectivity index (χ2v) is 6.91. The highest BCUT2D eigenvalue weighted by molar-refractivity contribution is 5.52. The highest BCUT2D eigenvalue weighted by Crippen LogP contribution is 2.49. The lowest BCUT2D eigenvalue weighted by Gasteiger charge is -2.42. The highest BCUT2D eigenvalue weighted by atomic mass is 19.4. The summed E-state index contributed by atoms with van der Waals surface area (Å²) < 4.78 is 53.2. The number of hydrogen-bond donors (Lipinski definition) is 0. The van der Waals surface area contributed by atoms with Crippen LogP contribution in [0.1, 0.15) is 46.0 Å². The van der Waals surface area contributed by atoms with E-state index in [0.717, 1.165) is 48.6 Å². The van der Waals surface area contributed by atoms with E-state index < -0.39 is 11.7 Å². The minimum atomic E-state index is -4.36.